The van der Waals surface area contributed by atoms with Crippen LogP contribution < -0.4 is 0 Å². The van der Waals surface area contributed by atoms with Crippen molar-refractivity contribution >= 4 is 5.69 Å². The molecule has 78 valence electrons. The maximum Gasteiger partial charge on any atom is 0.306 e. The molecule has 1 N–H and O–H groups in total. The molecule has 6 nitrogen and oxygen atoms in total. The molecule has 6 heteroatoms. The Labute approximate surface area is 81.3 Å². The van der Waals surface area contributed by atoms with Gasteiger partial charge in [-0.2, -0.15) is 5.10 Å². The van der Waals surface area contributed by atoms with Crippen LogP contribution in [0, 0.1) is 10.1 Å². The van der Waals surface area contributed by atoms with Crippen molar-refractivity contribution in [2.75, 3.05) is 0 Å². The molecular weight excluding hydrogens is 186 g/mol. The molecular formula is C8H13N3O3. The van der Waals surface area contributed by atoms with Crippen LogP contribution in [0.2, 0.25) is 0 Å². The van der Waals surface area contributed by atoms with Gasteiger partial charge in [-0.05, 0) is 13.3 Å². The smallest absolute Gasteiger partial charge is 0.306 e. The van der Waals surface area contributed by atoms with Crippen molar-refractivity contribution in [3.63, 3.8) is 0 Å². The molecule has 0 fully saturated rings. The van der Waals surface area contributed by atoms with Gasteiger partial charge in [0.05, 0.1) is 17.1 Å². The summed E-state index contributed by atoms with van der Waals surface area (Å²) in [4.78, 5) is 9.83. The Bertz CT molecular complexity index is 332. The lowest BCUT2D eigenvalue weighted by Gasteiger charge is -2.20. The van der Waals surface area contributed by atoms with E-state index in [2.05, 4.69) is 5.10 Å². The molecule has 0 aliphatic carbocycles. The van der Waals surface area contributed by atoms with E-state index in [4.69, 9.17) is 0 Å². The van der Waals surface area contributed by atoms with Crippen LogP contribution in [0.4, 0.5) is 5.69 Å². The van der Waals surface area contributed by atoms with Gasteiger partial charge in [0.25, 0.3) is 0 Å². The van der Waals surface area contributed by atoms with Gasteiger partial charge in [-0.1, -0.05) is 6.92 Å². The molecule has 0 radical (unpaired) electrons. The fourth-order valence-electron chi connectivity index (χ4n) is 0.994. The summed E-state index contributed by atoms with van der Waals surface area (Å²) in [5, 5.41) is 23.8. The first-order valence-corrected chi connectivity index (χ1v) is 4.34. The van der Waals surface area contributed by atoms with E-state index in [1.165, 1.54) is 17.1 Å². The number of aromatic nitrogens is 2. The molecule has 1 atom stereocenters. The fourth-order valence-corrected chi connectivity index (χ4v) is 0.994. The van der Waals surface area contributed by atoms with E-state index in [-0.39, 0.29) is 12.2 Å². The fraction of sp³-hybridized carbons (Fsp3) is 0.625. The number of hydrogen-bond donors (Lipinski definition) is 1. The normalized spacial score (nSPS) is 15.1. The molecule has 1 aromatic rings. The van der Waals surface area contributed by atoms with Gasteiger partial charge in [0.15, 0.2) is 0 Å². The van der Waals surface area contributed by atoms with Gasteiger partial charge in [0.2, 0.25) is 0 Å². The van der Waals surface area contributed by atoms with Crippen molar-refractivity contribution in [2.45, 2.75) is 32.4 Å². The monoisotopic (exact) mass is 199 g/mol. The Kier molecular flexibility index (Phi) is 2.85. The number of rotatable bonds is 4. The highest BCUT2D eigenvalue weighted by Crippen LogP contribution is 2.14. The van der Waals surface area contributed by atoms with E-state index in [9.17, 15) is 15.2 Å². The Morgan fingerprint density at radius 1 is 1.79 bits per heavy atom. The minimum Gasteiger partial charge on any atom is -0.388 e. The largest absolute Gasteiger partial charge is 0.388 e. The third kappa shape index (κ3) is 2.53. The van der Waals surface area contributed by atoms with Gasteiger partial charge in [0, 0.05) is 0 Å². The molecule has 0 saturated carbocycles. The Hall–Kier alpha value is -1.43. The van der Waals surface area contributed by atoms with E-state index in [0.717, 1.165) is 0 Å². The van der Waals surface area contributed by atoms with Gasteiger partial charge in [-0.25, -0.2) is 0 Å². The second-order valence-electron chi connectivity index (χ2n) is 3.50. The van der Waals surface area contributed by atoms with Crippen molar-refractivity contribution < 1.29 is 10.0 Å². The van der Waals surface area contributed by atoms with E-state index >= 15 is 0 Å². The van der Waals surface area contributed by atoms with Crippen LogP contribution in [-0.2, 0) is 6.54 Å². The summed E-state index contributed by atoms with van der Waals surface area (Å²) in [6.07, 6.45) is 3.05. The first-order chi connectivity index (χ1) is 6.44. The number of hydrogen-bond acceptors (Lipinski definition) is 4. The highest BCUT2D eigenvalue weighted by molar-refractivity contribution is 5.20. The standard InChI is InChI=1S/C8H13N3O3/c1-3-8(2,12)6-10-5-7(4-9-10)11(13)14/h4-5,12H,3,6H2,1-2H3. The van der Waals surface area contributed by atoms with Crippen molar-refractivity contribution in [2.24, 2.45) is 0 Å². The zero-order valence-electron chi connectivity index (χ0n) is 8.17. The maximum atomic E-state index is 10.3. The molecule has 1 heterocycles. The lowest BCUT2D eigenvalue weighted by atomic mass is 10.0. The number of aliphatic hydroxyl groups is 1. The van der Waals surface area contributed by atoms with Crippen molar-refractivity contribution in [3.8, 4) is 0 Å². The molecule has 0 amide bonds. The third-order valence-corrected chi connectivity index (χ3v) is 2.09. The van der Waals surface area contributed by atoms with Crippen LogP contribution in [-0.4, -0.2) is 25.4 Å². The Morgan fingerprint density at radius 3 is 2.86 bits per heavy atom. The average molecular weight is 199 g/mol. The molecule has 0 spiro atoms. The zero-order valence-corrected chi connectivity index (χ0v) is 8.17. The zero-order chi connectivity index (χ0) is 10.8. The van der Waals surface area contributed by atoms with Crippen molar-refractivity contribution in [1.82, 2.24) is 9.78 Å². The topological polar surface area (TPSA) is 81.2 Å². The molecule has 14 heavy (non-hydrogen) atoms. The van der Waals surface area contributed by atoms with Gasteiger partial charge >= 0.3 is 5.69 Å². The molecule has 1 rings (SSSR count). The van der Waals surface area contributed by atoms with Crippen molar-refractivity contribution in [1.29, 1.82) is 0 Å². The summed E-state index contributed by atoms with van der Waals surface area (Å²) in [5.41, 5.74) is -0.934. The summed E-state index contributed by atoms with van der Waals surface area (Å²) < 4.78 is 1.38. The molecule has 0 bridgehead atoms. The van der Waals surface area contributed by atoms with Gasteiger partial charge in [0.1, 0.15) is 12.4 Å². The Morgan fingerprint density at radius 2 is 2.43 bits per heavy atom. The second kappa shape index (κ2) is 3.75. The molecule has 1 aromatic heterocycles. The van der Waals surface area contributed by atoms with Crippen LogP contribution in [0.15, 0.2) is 12.4 Å². The average Bonchev–Trinajstić information content (AvgIpc) is 2.52. The lowest BCUT2D eigenvalue weighted by Crippen LogP contribution is -2.29. The molecule has 0 aromatic carbocycles. The summed E-state index contributed by atoms with van der Waals surface area (Å²) in [6.45, 7) is 3.77. The maximum absolute atomic E-state index is 10.3. The summed E-state index contributed by atoms with van der Waals surface area (Å²) in [5.74, 6) is 0. The van der Waals surface area contributed by atoms with Gasteiger partial charge in [-0.15, -0.1) is 0 Å². The van der Waals surface area contributed by atoms with E-state index in [1.807, 2.05) is 6.92 Å². The van der Waals surface area contributed by atoms with E-state index < -0.39 is 10.5 Å². The SMILES string of the molecule is CCC(C)(O)Cn1cc([N+](=O)[O-])cn1. The second-order valence-corrected chi connectivity index (χ2v) is 3.50. The predicted molar refractivity (Wildman–Crippen MR) is 49.8 cm³/mol. The van der Waals surface area contributed by atoms with E-state index in [0.29, 0.717) is 6.42 Å². The lowest BCUT2D eigenvalue weighted by molar-refractivity contribution is -0.385. The summed E-state index contributed by atoms with van der Waals surface area (Å²) >= 11 is 0. The number of nitrogens with zero attached hydrogens (tertiary/aromatic N) is 3. The van der Waals surface area contributed by atoms with Crippen molar-refractivity contribution in [3.05, 3.63) is 22.5 Å². The molecule has 0 aliphatic rings. The Balaban J connectivity index is 2.73. The van der Waals surface area contributed by atoms with Gasteiger partial charge in [-0.3, -0.25) is 14.8 Å². The molecule has 1 unspecified atom stereocenters. The minimum absolute atomic E-state index is 0.0584. The quantitative estimate of drug-likeness (QED) is 0.578. The molecule has 0 aliphatic heterocycles. The summed E-state index contributed by atoms with van der Waals surface area (Å²) in [6, 6.07) is 0. The van der Waals surface area contributed by atoms with Crippen LogP contribution >= 0.6 is 0 Å². The van der Waals surface area contributed by atoms with Gasteiger partial charge < -0.3 is 5.11 Å². The van der Waals surface area contributed by atoms with Crippen LogP contribution in [0.1, 0.15) is 20.3 Å². The minimum atomic E-state index is -0.875. The first-order valence-electron chi connectivity index (χ1n) is 4.34. The highest BCUT2D eigenvalue weighted by atomic mass is 16.6. The summed E-state index contributed by atoms with van der Waals surface area (Å²) in [7, 11) is 0. The highest BCUT2D eigenvalue weighted by Gasteiger charge is 2.20. The van der Waals surface area contributed by atoms with Crippen LogP contribution in [0.5, 0.6) is 0 Å². The number of nitro groups is 1. The third-order valence-electron chi connectivity index (χ3n) is 2.09. The van der Waals surface area contributed by atoms with E-state index in [1.54, 1.807) is 6.92 Å². The van der Waals surface area contributed by atoms with Crippen LogP contribution in [0.3, 0.4) is 0 Å². The van der Waals surface area contributed by atoms with Crippen LogP contribution in [0.25, 0.3) is 0 Å². The predicted octanol–water partition coefficient (Wildman–Crippen LogP) is 0.952. The molecule has 0 saturated heterocycles. The first kappa shape index (κ1) is 10.6.